The molecular formula is C23H23N3O. The van der Waals surface area contributed by atoms with Crippen LogP contribution in [0.3, 0.4) is 0 Å². The highest BCUT2D eigenvalue weighted by molar-refractivity contribution is 5.89. The lowest BCUT2D eigenvalue weighted by atomic mass is 10.0. The Labute approximate surface area is 158 Å². The van der Waals surface area contributed by atoms with Gasteiger partial charge in [-0.2, -0.15) is 0 Å². The zero-order valence-electron chi connectivity index (χ0n) is 15.3. The van der Waals surface area contributed by atoms with E-state index in [4.69, 9.17) is 0 Å². The summed E-state index contributed by atoms with van der Waals surface area (Å²) in [7, 11) is 0. The Kier molecular flexibility index (Phi) is 4.06. The molecule has 1 N–H and O–H groups in total. The summed E-state index contributed by atoms with van der Waals surface area (Å²) in [5.74, 6) is 0.332. The molecule has 1 aliphatic rings. The van der Waals surface area contributed by atoms with Crippen LogP contribution in [0, 0.1) is 0 Å². The molecule has 0 unspecified atom stereocenters. The predicted octanol–water partition coefficient (Wildman–Crippen LogP) is 4.54. The van der Waals surface area contributed by atoms with Gasteiger partial charge in [0.2, 0.25) is 0 Å². The number of hydrogen-bond donors (Lipinski definition) is 1. The van der Waals surface area contributed by atoms with Crippen LogP contribution in [0.15, 0.2) is 60.9 Å². The Morgan fingerprint density at radius 2 is 1.78 bits per heavy atom. The highest BCUT2D eigenvalue weighted by Crippen LogP contribution is 2.32. The van der Waals surface area contributed by atoms with E-state index in [2.05, 4.69) is 63.1 Å². The average Bonchev–Trinajstić information content (AvgIpc) is 3.36. The first kappa shape index (κ1) is 16.3. The Hall–Kier alpha value is -2.85. The number of hydrogen-bond acceptors (Lipinski definition) is 3. The van der Waals surface area contributed by atoms with Crippen molar-refractivity contribution in [3.8, 4) is 5.75 Å². The molecule has 1 fully saturated rings. The largest absolute Gasteiger partial charge is 0.505 e. The fourth-order valence-corrected chi connectivity index (χ4v) is 4.26. The molecule has 136 valence electrons. The molecule has 1 saturated heterocycles. The van der Waals surface area contributed by atoms with E-state index in [1.54, 1.807) is 6.20 Å². The van der Waals surface area contributed by atoms with Gasteiger partial charge in [-0.05, 0) is 61.1 Å². The number of pyridine rings is 1. The number of nitrogens with zero attached hydrogens (tertiary/aromatic N) is 3. The van der Waals surface area contributed by atoms with Gasteiger partial charge in [0.25, 0.3) is 0 Å². The minimum absolute atomic E-state index is 0.332. The summed E-state index contributed by atoms with van der Waals surface area (Å²) in [4.78, 5) is 6.91. The lowest BCUT2D eigenvalue weighted by molar-refractivity contribution is 0.324. The monoisotopic (exact) mass is 357 g/mol. The van der Waals surface area contributed by atoms with E-state index in [-0.39, 0.29) is 0 Å². The molecule has 1 aliphatic heterocycles. The highest BCUT2D eigenvalue weighted by Gasteiger charge is 2.18. The summed E-state index contributed by atoms with van der Waals surface area (Å²) in [6.07, 6.45) is 6.39. The molecular weight excluding hydrogens is 334 g/mol. The van der Waals surface area contributed by atoms with Gasteiger partial charge < -0.3 is 9.67 Å². The van der Waals surface area contributed by atoms with Gasteiger partial charge in [-0.3, -0.25) is 9.88 Å². The summed E-state index contributed by atoms with van der Waals surface area (Å²) in [5, 5.41) is 13.1. The molecule has 2 aromatic carbocycles. The second-order valence-corrected chi connectivity index (χ2v) is 7.43. The van der Waals surface area contributed by atoms with Crippen LogP contribution in [0.25, 0.3) is 21.8 Å². The number of rotatable bonds is 4. The molecule has 0 spiro atoms. The van der Waals surface area contributed by atoms with Crippen LogP contribution < -0.4 is 0 Å². The van der Waals surface area contributed by atoms with Crippen molar-refractivity contribution in [2.45, 2.75) is 25.9 Å². The molecule has 5 rings (SSSR count). The standard InChI is InChI=1S/C23H23N3O/c27-23-19(15-25-11-3-4-12-25)14-18(20-7-5-10-24-22(20)23)16-26-13-9-17-6-1-2-8-21(17)26/h1-2,5-10,13-14,27H,3-4,11-12,15-16H2. The lowest BCUT2D eigenvalue weighted by Crippen LogP contribution is -2.18. The first-order valence-electron chi connectivity index (χ1n) is 9.64. The normalized spacial score (nSPS) is 15.1. The first-order chi connectivity index (χ1) is 13.3. The Morgan fingerprint density at radius 3 is 2.67 bits per heavy atom. The van der Waals surface area contributed by atoms with Crippen molar-refractivity contribution < 1.29 is 5.11 Å². The van der Waals surface area contributed by atoms with E-state index < -0.39 is 0 Å². The van der Waals surface area contributed by atoms with Crippen molar-refractivity contribution in [1.82, 2.24) is 14.5 Å². The van der Waals surface area contributed by atoms with Crippen LogP contribution in [0.5, 0.6) is 5.75 Å². The average molecular weight is 357 g/mol. The zero-order valence-corrected chi connectivity index (χ0v) is 15.3. The van der Waals surface area contributed by atoms with Crippen molar-refractivity contribution >= 4 is 21.8 Å². The lowest BCUT2D eigenvalue weighted by Gasteiger charge is -2.18. The van der Waals surface area contributed by atoms with Gasteiger partial charge in [-0.1, -0.05) is 24.3 Å². The number of benzene rings is 2. The molecule has 27 heavy (non-hydrogen) atoms. The van der Waals surface area contributed by atoms with Gasteiger partial charge in [-0.15, -0.1) is 0 Å². The minimum atomic E-state index is 0.332. The molecule has 4 heteroatoms. The molecule has 0 bridgehead atoms. The Balaban J connectivity index is 1.60. The van der Waals surface area contributed by atoms with Gasteiger partial charge in [0.1, 0.15) is 11.3 Å². The number of phenols is 1. The topological polar surface area (TPSA) is 41.3 Å². The van der Waals surface area contributed by atoms with Crippen molar-refractivity contribution in [2.75, 3.05) is 13.1 Å². The fourth-order valence-electron chi connectivity index (χ4n) is 4.26. The van der Waals surface area contributed by atoms with E-state index in [0.29, 0.717) is 11.3 Å². The maximum Gasteiger partial charge on any atom is 0.146 e. The van der Waals surface area contributed by atoms with E-state index in [1.807, 2.05) is 6.07 Å². The molecule has 4 nitrogen and oxygen atoms in total. The quantitative estimate of drug-likeness (QED) is 0.583. The second-order valence-electron chi connectivity index (χ2n) is 7.43. The summed E-state index contributed by atoms with van der Waals surface area (Å²) in [5.41, 5.74) is 4.12. The van der Waals surface area contributed by atoms with E-state index >= 15 is 0 Å². The van der Waals surface area contributed by atoms with E-state index in [9.17, 15) is 5.11 Å². The van der Waals surface area contributed by atoms with Gasteiger partial charge >= 0.3 is 0 Å². The smallest absolute Gasteiger partial charge is 0.146 e. The number of phenolic OH excluding ortho intramolecular Hbond substituents is 1. The number of fused-ring (bicyclic) bond motifs is 2. The van der Waals surface area contributed by atoms with Gasteiger partial charge in [-0.25, -0.2) is 0 Å². The third-order valence-corrected chi connectivity index (χ3v) is 5.64. The summed E-state index contributed by atoms with van der Waals surface area (Å²) >= 11 is 0. The second kappa shape index (κ2) is 6.71. The number of likely N-dealkylation sites (tertiary alicyclic amines) is 1. The SMILES string of the molecule is Oc1c(CN2CCCC2)cc(Cn2ccc3ccccc32)c2cccnc12. The maximum absolute atomic E-state index is 10.8. The van der Waals surface area contributed by atoms with Crippen LogP contribution in [0.1, 0.15) is 24.0 Å². The number of aromatic hydroxyl groups is 1. The number of aromatic nitrogens is 2. The van der Waals surface area contributed by atoms with Crippen molar-refractivity contribution in [3.05, 3.63) is 72.1 Å². The molecule has 4 aromatic rings. The van der Waals surface area contributed by atoms with Gasteiger partial charge in [0, 0.05) is 41.9 Å². The van der Waals surface area contributed by atoms with Crippen molar-refractivity contribution in [1.29, 1.82) is 0 Å². The van der Waals surface area contributed by atoms with Crippen LogP contribution in [0.2, 0.25) is 0 Å². The predicted molar refractivity (Wildman–Crippen MR) is 109 cm³/mol. The van der Waals surface area contributed by atoms with Crippen molar-refractivity contribution in [2.24, 2.45) is 0 Å². The van der Waals surface area contributed by atoms with Crippen LogP contribution >= 0.6 is 0 Å². The van der Waals surface area contributed by atoms with Crippen molar-refractivity contribution in [3.63, 3.8) is 0 Å². The zero-order chi connectivity index (χ0) is 18.2. The van der Waals surface area contributed by atoms with Crippen LogP contribution in [-0.4, -0.2) is 32.6 Å². The fraction of sp³-hybridized carbons (Fsp3) is 0.261. The van der Waals surface area contributed by atoms with E-state index in [1.165, 1.54) is 29.3 Å². The molecule has 2 aromatic heterocycles. The Bertz CT molecular complexity index is 1110. The third kappa shape index (κ3) is 2.96. The summed E-state index contributed by atoms with van der Waals surface area (Å²) in [6.45, 7) is 3.77. The minimum Gasteiger partial charge on any atom is -0.505 e. The molecule has 0 amide bonds. The summed E-state index contributed by atoms with van der Waals surface area (Å²) in [6, 6.07) is 16.8. The highest BCUT2D eigenvalue weighted by atomic mass is 16.3. The molecule has 0 atom stereocenters. The molecule has 0 radical (unpaired) electrons. The maximum atomic E-state index is 10.8. The summed E-state index contributed by atoms with van der Waals surface area (Å²) < 4.78 is 2.27. The third-order valence-electron chi connectivity index (χ3n) is 5.64. The number of para-hydroxylation sites is 1. The Morgan fingerprint density at radius 1 is 0.926 bits per heavy atom. The van der Waals surface area contributed by atoms with E-state index in [0.717, 1.165) is 37.1 Å². The van der Waals surface area contributed by atoms with Crippen LogP contribution in [0.4, 0.5) is 0 Å². The molecule has 0 saturated carbocycles. The van der Waals surface area contributed by atoms with Crippen LogP contribution in [-0.2, 0) is 13.1 Å². The molecule has 3 heterocycles. The van der Waals surface area contributed by atoms with Gasteiger partial charge in [0.15, 0.2) is 0 Å². The van der Waals surface area contributed by atoms with Gasteiger partial charge in [0.05, 0.1) is 0 Å². The molecule has 0 aliphatic carbocycles. The first-order valence-corrected chi connectivity index (χ1v) is 9.64.